The van der Waals surface area contributed by atoms with Crippen molar-refractivity contribution in [3.63, 3.8) is 0 Å². The van der Waals surface area contributed by atoms with Crippen LogP contribution in [0.1, 0.15) is 31.2 Å². The Morgan fingerprint density at radius 2 is 1.84 bits per heavy atom. The minimum Gasteiger partial charge on any atom is -0.356 e. The van der Waals surface area contributed by atoms with Crippen molar-refractivity contribution in [2.75, 3.05) is 23.3 Å². The van der Waals surface area contributed by atoms with E-state index < -0.39 is 5.92 Å². The standard InChI is InChI=1S/C23H25F2N5O/c1-15-17-5-3-6-19(18(17)9-12-26-15)28-22(31)27-16-10-13-30(14-11-16)21-8-4-7-20(29-21)23(2,24)25/h3-9,12,16H,10-11,13-14H2,1-2H3,(H2,27,28,31). The van der Waals surface area contributed by atoms with Gasteiger partial charge >= 0.3 is 6.03 Å². The van der Waals surface area contributed by atoms with Crippen molar-refractivity contribution in [2.24, 2.45) is 0 Å². The number of nitrogens with one attached hydrogen (secondary N) is 2. The van der Waals surface area contributed by atoms with Gasteiger partial charge in [0.15, 0.2) is 0 Å². The van der Waals surface area contributed by atoms with E-state index >= 15 is 0 Å². The van der Waals surface area contributed by atoms with E-state index in [0.717, 1.165) is 29.1 Å². The Bertz CT molecular complexity index is 1090. The Labute approximate surface area is 179 Å². The van der Waals surface area contributed by atoms with Crippen LogP contribution in [0.15, 0.2) is 48.7 Å². The monoisotopic (exact) mass is 425 g/mol. The number of hydrogen-bond acceptors (Lipinski definition) is 4. The summed E-state index contributed by atoms with van der Waals surface area (Å²) in [6.07, 6.45) is 3.15. The highest BCUT2D eigenvalue weighted by atomic mass is 19.3. The zero-order valence-corrected chi connectivity index (χ0v) is 17.5. The van der Waals surface area contributed by atoms with Crippen LogP contribution < -0.4 is 15.5 Å². The van der Waals surface area contributed by atoms with Crippen LogP contribution in [0.4, 0.5) is 25.1 Å². The van der Waals surface area contributed by atoms with Crippen molar-refractivity contribution in [3.8, 4) is 0 Å². The van der Waals surface area contributed by atoms with E-state index in [2.05, 4.69) is 20.6 Å². The molecule has 0 atom stereocenters. The molecule has 2 amide bonds. The number of aromatic nitrogens is 2. The van der Waals surface area contributed by atoms with Gasteiger partial charge in [-0.15, -0.1) is 0 Å². The van der Waals surface area contributed by atoms with E-state index in [1.165, 1.54) is 6.07 Å². The molecule has 6 nitrogen and oxygen atoms in total. The van der Waals surface area contributed by atoms with Gasteiger partial charge in [-0.25, -0.2) is 9.78 Å². The summed E-state index contributed by atoms with van der Waals surface area (Å²) in [5.41, 5.74) is 1.41. The Kier molecular flexibility index (Phi) is 5.71. The molecular weight excluding hydrogens is 400 g/mol. The van der Waals surface area contributed by atoms with Gasteiger partial charge in [0.1, 0.15) is 11.5 Å². The fourth-order valence-electron chi connectivity index (χ4n) is 3.90. The molecule has 4 rings (SSSR count). The topological polar surface area (TPSA) is 70.2 Å². The van der Waals surface area contributed by atoms with Gasteiger partial charge in [-0.3, -0.25) is 4.98 Å². The summed E-state index contributed by atoms with van der Waals surface area (Å²) in [6, 6.07) is 12.1. The summed E-state index contributed by atoms with van der Waals surface area (Å²) in [5, 5.41) is 7.90. The summed E-state index contributed by atoms with van der Waals surface area (Å²) >= 11 is 0. The quantitative estimate of drug-likeness (QED) is 0.628. The van der Waals surface area contributed by atoms with Gasteiger partial charge < -0.3 is 15.5 Å². The number of anilines is 2. The van der Waals surface area contributed by atoms with Crippen LogP contribution in [0.5, 0.6) is 0 Å². The first-order chi connectivity index (χ1) is 14.8. The number of urea groups is 1. The Morgan fingerprint density at radius 3 is 2.58 bits per heavy atom. The second kappa shape index (κ2) is 8.45. The van der Waals surface area contributed by atoms with E-state index in [1.807, 2.05) is 36.1 Å². The van der Waals surface area contributed by atoms with Crippen LogP contribution in [0, 0.1) is 6.92 Å². The zero-order valence-electron chi connectivity index (χ0n) is 17.5. The van der Waals surface area contributed by atoms with Crippen LogP contribution in [-0.4, -0.2) is 35.1 Å². The second-order valence-electron chi connectivity index (χ2n) is 7.93. The summed E-state index contributed by atoms with van der Waals surface area (Å²) in [4.78, 5) is 23.0. The molecule has 0 aliphatic carbocycles. The van der Waals surface area contributed by atoms with Crippen LogP contribution in [0.3, 0.4) is 0 Å². The van der Waals surface area contributed by atoms with Crippen LogP contribution in [0.2, 0.25) is 0 Å². The number of amides is 2. The molecule has 1 aliphatic heterocycles. The molecule has 1 aliphatic rings. The number of alkyl halides is 2. The molecule has 1 saturated heterocycles. The summed E-state index contributed by atoms with van der Waals surface area (Å²) < 4.78 is 27.1. The van der Waals surface area contributed by atoms with Crippen molar-refractivity contribution in [3.05, 3.63) is 60.0 Å². The largest absolute Gasteiger partial charge is 0.356 e. The zero-order chi connectivity index (χ0) is 22.0. The molecule has 0 saturated carbocycles. The van der Waals surface area contributed by atoms with Crippen LogP contribution in [-0.2, 0) is 5.92 Å². The van der Waals surface area contributed by atoms with Gasteiger partial charge in [-0.1, -0.05) is 18.2 Å². The fourth-order valence-corrected chi connectivity index (χ4v) is 3.90. The van der Waals surface area contributed by atoms with Crippen molar-refractivity contribution in [1.82, 2.24) is 15.3 Å². The first kappa shape index (κ1) is 21.0. The minimum absolute atomic E-state index is 0.00503. The van der Waals surface area contributed by atoms with Gasteiger partial charge in [0.25, 0.3) is 5.92 Å². The van der Waals surface area contributed by atoms with Crippen LogP contribution >= 0.6 is 0 Å². The van der Waals surface area contributed by atoms with Crippen molar-refractivity contribution >= 4 is 28.3 Å². The number of halogens is 2. The van der Waals surface area contributed by atoms with E-state index in [1.54, 1.807) is 18.3 Å². The van der Waals surface area contributed by atoms with E-state index in [-0.39, 0.29) is 17.8 Å². The molecule has 3 heterocycles. The van der Waals surface area contributed by atoms with Crippen molar-refractivity contribution < 1.29 is 13.6 Å². The number of benzene rings is 1. The Hall–Kier alpha value is -3.29. The van der Waals surface area contributed by atoms with Gasteiger partial charge in [0.2, 0.25) is 0 Å². The lowest BCUT2D eigenvalue weighted by Gasteiger charge is -2.33. The van der Waals surface area contributed by atoms with Crippen LogP contribution in [0.25, 0.3) is 10.8 Å². The third kappa shape index (κ3) is 4.73. The second-order valence-corrected chi connectivity index (χ2v) is 7.93. The molecule has 31 heavy (non-hydrogen) atoms. The third-order valence-electron chi connectivity index (χ3n) is 5.59. The molecule has 0 unspecified atom stereocenters. The average molecular weight is 425 g/mol. The fraction of sp³-hybridized carbons (Fsp3) is 0.348. The summed E-state index contributed by atoms with van der Waals surface area (Å²) in [5.74, 6) is -2.42. The molecule has 0 radical (unpaired) electrons. The van der Waals surface area contributed by atoms with Gasteiger partial charge in [0, 0.05) is 48.7 Å². The number of nitrogens with zero attached hydrogens (tertiary/aromatic N) is 3. The maximum atomic E-state index is 13.6. The number of hydrogen-bond donors (Lipinski definition) is 2. The molecule has 1 fully saturated rings. The highest BCUT2D eigenvalue weighted by Gasteiger charge is 2.28. The maximum absolute atomic E-state index is 13.6. The van der Waals surface area contributed by atoms with E-state index in [9.17, 15) is 13.6 Å². The lowest BCUT2D eigenvalue weighted by Crippen LogP contribution is -2.46. The highest BCUT2D eigenvalue weighted by molar-refractivity contribution is 6.02. The third-order valence-corrected chi connectivity index (χ3v) is 5.59. The van der Waals surface area contributed by atoms with Crippen molar-refractivity contribution in [2.45, 2.75) is 38.7 Å². The predicted molar refractivity (Wildman–Crippen MR) is 118 cm³/mol. The number of piperidine rings is 1. The average Bonchev–Trinajstić information content (AvgIpc) is 2.74. The van der Waals surface area contributed by atoms with Gasteiger partial charge in [0.05, 0.1) is 5.69 Å². The number of carbonyl (C=O) groups is 1. The number of rotatable bonds is 4. The summed E-state index contributed by atoms with van der Waals surface area (Å²) in [7, 11) is 0. The number of pyridine rings is 2. The highest BCUT2D eigenvalue weighted by Crippen LogP contribution is 2.28. The molecule has 2 N–H and O–H groups in total. The number of fused-ring (bicyclic) bond motifs is 1. The van der Waals surface area contributed by atoms with Gasteiger partial charge in [-0.05, 0) is 44.0 Å². The molecule has 162 valence electrons. The lowest BCUT2D eigenvalue weighted by molar-refractivity contribution is 0.0128. The van der Waals surface area contributed by atoms with Crippen molar-refractivity contribution in [1.29, 1.82) is 0 Å². The molecular formula is C23H25F2N5O. The van der Waals surface area contributed by atoms with E-state index in [0.29, 0.717) is 31.7 Å². The molecule has 0 bridgehead atoms. The molecule has 0 spiro atoms. The SMILES string of the molecule is Cc1nccc2c(NC(=O)NC3CCN(c4cccc(C(C)(F)F)n4)CC3)cccc12. The van der Waals surface area contributed by atoms with E-state index in [4.69, 9.17) is 0 Å². The molecule has 2 aromatic heterocycles. The normalized spacial score (nSPS) is 15.2. The predicted octanol–water partition coefficient (Wildman–Crippen LogP) is 4.84. The number of carbonyl (C=O) groups excluding carboxylic acids is 1. The number of aryl methyl sites for hydroxylation is 1. The molecule has 1 aromatic carbocycles. The Morgan fingerprint density at radius 1 is 1.10 bits per heavy atom. The smallest absolute Gasteiger partial charge is 0.319 e. The minimum atomic E-state index is -2.97. The van der Waals surface area contributed by atoms with Gasteiger partial charge in [-0.2, -0.15) is 8.78 Å². The summed E-state index contributed by atoms with van der Waals surface area (Å²) in [6.45, 7) is 4.05. The first-order valence-electron chi connectivity index (χ1n) is 10.3. The maximum Gasteiger partial charge on any atom is 0.319 e. The first-order valence-corrected chi connectivity index (χ1v) is 10.3. The molecule has 3 aromatic rings. The lowest BCUT2D eigenvalue weighted by atomic mass is 10.1. The Balaban J connectivity index is 1.36. The molecule has 8 heteroatoms.